The van der Waals surface area contributed by atoms with E-state index in [4.69, 9.17) is 21.4 Å². The van der Waals surface area contributed by atoms with E-state index in [0.717, 1.165) is 5.69 Å². The van der Waals surface area contributed by atoms with Crippen LogP contribution in [0.2, 0.25) is 0 Å². The molecule has 2 N–H and O–H groups in total. The first-order chi connectivity index (χ1) is 19.6. The van der Waals surface area contributed by atoms with Gasteiger partial charge >= 0.3 is 0 Å². The Morgan fingerprint density at radius 2 is 1.88 bits per heavy atom. The van der Waals surface area contributed by atoms with Crippen LogP contribution >= 0.6 is 12.2 Å². The number of amides is 1. The van der Waals surface area contributed by atoms with Crippen molar-refractivity contribution in [2.45, 2.75) is 32.9 Å². The van der Waals surface area contributed by atoms with Gasteiger partial charge in [0, 0.05) is 29.4 Å². The summed E-state index contributed by atoms with van der Waals surface area (Å²) in [5, 5.41) is 18.4. The molecule has 2 atom stereocenters. The number of anilines is 2. The summed E-state index contributed by atoms with van der Waals surface area (Å²) in [4.78, 5) is 30.3. The number of hydrogen-bond acceptors (Lipinski definition) is 7. The second kappa shape index (κ2) is 11.0. The zero-order valence-corrected chi connectivity index (χ0v) is 23.8. The summed E-state index contributed by atoms with van der Waals surface area (Å²) in [6, 6.07) is 20.1. The van der Waals surface area contributed by atoms with E-state index in [2.05, 4.69) is 15.6 Å². The Hall–Kier alpha value is -4.77. The first kappa shape index (κ1) is 27.8. The highest BCUT2D eigenvalue weighted by Crippen LogP contribution is 2.45. The Labute approximate surface area is 242 Å². The van der Waals surface area contributed by atoms with Crippen molar-refractivity contribution in [3.8, 4) is 17.1 Å². The van der Waals surface area contributed by atoms with Crippen molar-refractivity contribution in [1.29, 1.82) is 0 Å². The van der Waals surface area contributed by atoms with E-state index < -0.39 is 16.4 Å². The van der Waals surface area contributed by atoms with E-state index in [1.165, 1.54) is 13.2 Å². The van der Waals surface area contributed by atoms with Gasteiger partial charge in [-0.1, -0.05) is 39.0 Å². The van der Waals surface area contributed by atoms with Crippen LogP contribution in [0.5, 0.6) is 5.75 Å². The first-order valence-corrected chi connectivity index (χ1v) is 13.3. The van der Waals surface area contributed by atoms with Crippen molar-refractivity contribution in [1.82, 2.24) is 10.3 Å². The van der Waals surface area contributed by atoms with Gasteiger partial charge in [0.15, 0.2) is 5.11 Å². The van der Waals surface area contributed by atoms with Gasteiger partial charge in [-0.05, 0) is 54.7 Å². The third kappa shape index (κ3) is 5.48. The van der Waals surface area contributed by atoms with Crippen molar-refractivity contribution in [2.24, 2.45) is 5.41 Å². The Balaban J connectivity index is 1.58. The summed E-state index contributed by atoms with van der Waals surface area (Å²) in [5.41, 5.74) is 1.70. The first-order valence-electron chi connectivity index (χ1n) is 12.9. The van der Waals surface area contributed by atoms with Crippen molar-refractivity contribution in [3.05, 3.63) is 101 Å². The molecule has 4 aromatic rings. The van der Waals surface area contributed by atoms with Gasteiger partial charge < -0.3 is 24.7 Å². The Bertz CT molecular complexity index is 1620. The van der Waals surface area contributed by atoms with E-state index in [0.29, 0.717) is 39.3 Å². The third-order valence-electron chi connectivity index (χ3n) is 6.78. The Kier molecular flexibility index (Phi) is 7.46. The molecule has 1 amide bonds. The average molecular weight is 572 g/mol. The predicted molar refractivity (Wildman–Crippen MR) is 160 cm³/mol. The van der Waals surface area contributed by atoms with Crippen LogP contribution in [0.1, 0.15) is 44.3 Å². The lowest BCUT2D eigenvalue weighted by Gasteiger charge is -2.27. The molecular weight excluding hydrogens is 542 g/mol. The summed E-state index contributed by atoms with van der Waals surface area (Å²) in [5.74, 6) is 1.21. The van der Waals surface area contributed by atoms with Gasteiger partial charge in [0.1, 0.15) is 23.3 Å². The summed E-state index contributed by atoms with van der Waals surface area (Å²) >= 11 is 5.81. The number of nitro benzene ring substituents is 1. The fourth-order valence-corrected chi connectivity index (χ4v) is 5.01. The number of nitrogens with one attached hydrogen (secondary N) is 2. The Morgan fingerprint density at radius 1 is 1.12 bits per heavy atom. The van der Waals surface area contributed by atoms with Crippen molar-refractivity contribution in [3.63, 3.8) is 0 Å². The number of thiocarbonyl (C=S) groups is 1. The molecule has 11 heteroatoms. The number of ether oxygens (including phenoxy) is 1. The number of nitrogens with zero attached hydrogens (tertiary/aromatic N) is 3. The number of carbonyl (C=O) groups excluding carboxylic acids is 1. The molecule has 210 valence electrons. The lowest BCUT2D eigenvalue weighted by atomic mass is 9.95. The number of methoxy groups -OCH3 is 1. The zero-order valence-electron chi connectivity index (χ0n) is 23.0. The molecule has 2 aromatic carbocycles. The van der Waals surface area contributed by atoms with E-state index in [-0.39, 0.29) is 17.6 Å². The van der Waals surface area contributed by atoms with Crippen LogP contribution in [0.25, 0.3) is 11.3 Å². The standard InChI is InChI=1S/C30H29N5O5S/c1-30(2,3)28(36)32-20-13-12-18(17-25(20)39-4)34-27(26(33-29(34)41)21-10-7-8-16-31-21)24-15-14-23(40-24)19-9-5-6-11-22(19)35(37)38/h5-17,26-27H,1-4H3,(H,32,36)(H,33,41)/t26-,27+/m0/s1. The smallest absolute Gasteiger partial charge is 0.280 e. The molecule has 0 radical (unpaired) electrons. The minimum absolute atomic E-state index is 0.0516. The van der Waals surface area contributed by atoms with E-state index in [1.54, 1.807) is 48.7 Å². The van der Waals surface area contributed by atoms with Gasteiger partial charge in [0.25, 0.3) is 5.69 Å². The zero-order chi connectivity index (χ0) is 29.3. The summed E-state index contributed by atoms with van der Waals surface area (Å²) < 4.78 is 11.9. The van der Waals surface area contributed by atoms with Crippen LogP contribution in [0, 0.1) is 15.5 Å². The van der Waals surface area contributed by atoms with Crippen LogP contribution in [-0.4, -0.2) is 28.0 Å². The van der Waals surface area contributed by atoms with Crippen LogP contribution in [0.3, 0.4) is 0 Å². The largest absolute Gasteiger partial charge is 0.494 e. The number of rotatable bonds is 7. The minimum atomic E-state index is -0.587. The number of para-hydroxylation sites is 1. The van der Waals surface area contributed by atoms with Crippen molar-refractivity contribution >= 4 is 40.3 Å². The van der Waals surface area contributed by atoms with Gasteiger partial charge in [-0.2, -0.15) is 0 Å². The fourth-order valence-electron chi connectivity index (χ4n) is 4.66. The van der Waals surface area contributed by atoms with Gasteiger partial charge in [-0.15, -0.1) is 0 Å². The van der Waals surface area contributed by atoms with Crippen LogP contribution < -0.4 is 20.3 Å². The van der Waals surface area contributed by atoms with Gasteiger partial charge in [0.2, 0.25) is 5.91 Å². The molecule has 1 fully saturated rings. The molecule has 0 spiro atoms. The number of aromatic nitrogens is 1. The SMILES string of the molecule is COc1cc(N2C(=S)N[C@@H](c3ccccn3)[C@H]2c2ccc(-c3ccccc3[N+](=O)[O-])o2)ccc1NC(=O)C(C)(C)C. The Morgan fingerprint density at radius 3 is 2.56 bits per heavy atom. The molecule has 5 rings (SSSR count). The summed E-state index contributed by atoms with van der Waals surface area (Å²) in [6.07, 6.45) is 1.70. The molecule has 41 heavy (non-hydrogen) atoms. The lowest BCUT2D eigenvalue weighted by molar-refractivity contribution is -0.384. The number of nitro groups is 1. The molecule has 10 nitrogen and oxygen atoms in total. The summed E-state index contributed by atoms with van der Waals surface area (Å²) in [7, 11) is 1.53. The number of furan rings is 1. The number of benzene rings is 2. The van der Waals surface area contributed by atoms with Crippen molar-refractivity contribution < 1.29 is 18.9 Å². The fraction of sp³-hybridized carbons (Fsp3) is 0.233. The highest BCUT2D eigenvalue weighted by Gasteiger charge is 2.43. The molecule has 2 aromatic heterocycles. The highest BCUT2D eigenvalue weighted by molar-refractivity contribution is 7.80. The molecule has 1 saturated heterocycles. The molecule has 1 aliphatic heterocycles. The van der Waals surface area contributed by atoms with Gasteiger partial charge in [0.05, 0.1) is 35.0 Å². The molecule has 0 saturated carbocycles. The van der Waals surface area contributed by atoms with Gasteiger partial charge in [-0.25, -0.2) is 0 Å². The van der Waals surface area contributed by atoms with Crippen molar-refractivity contribution in [2.75, 3.05) is 17.3 Å². The number of hydrogen-bond donors (Lipinski definition) is 2. The number of pyridine rings is 1. The van der Waals surface area contributed by atoms with E-state index in [9.17, 15) is 14.9 Å². The monoisotopic (exact) mass is 571 g/mol. The number of carbonyl (C=O) groups is 1. The molecule has 0 aliphatic carbocycles. The van der Waals surface area contributed by atoms with Crippen LogP contribution in [-0.2, 0) is 4.79 Å². The second-order valence-corrected chi connectivity index (χ2v) is 10.9. The molecular formula is C30H29N5O5S. The minimum Gasteiger partial charge on any atom is -0.494 e. The van der Waals surface area contributed by atoms with E-state index >= 15 is 0 Å². The predicted octanol–water partition coefficient (Wildman–Crippen LogP) is 6.42. The molecule has 1 aliphatic rings. The van der Waals surface area contributed by atoms with Gasteiger partial charge in [-0.3, -0.25) is 19.9 Å². The molecule has 3 heterocycles. The van der Waals surface area contributed by atoms with Crippen LogP contribution in [0.4, 0.5) is 17.1 Å². The lowest BCUT2D eigenvalue weighted by Crippen LogP contribution is -2.30. The molecule has 0 bridgehead atoms. The third-order valence-corrected chi connectivity index (χ3v) is 7.09. The van der Waals surface area contributed by atoms with E-state index in [1.807, 2.05) is 49.9 Å². The maximum Gasteiger partial charge on any atom is 0.280 e. The maximum absolute atomic E-state index is 12.6. The highest BCUT2D eigenvalue weighted by atomic mass is 32.1. The summed E-state index contributed by atoms with van der Waals surface area (Å²) in [6.45, 7) is 5.50. The average Bonchev–Trinajstić information content (AvgIpc) is 3.58. The topological polar surface area (TPSA) is 123 Å². The maximum atomic E-state index is 12.6. The molecule has 0 unspecified atom stereocenters. The quantitative estimate of drug-likeness (QED) is 0.147. The normalized spacial score (nSPS) is 16.8. The second-order valence-electron chi connectivity index (χ2n) is 10.6. The van der Waals surface area contributed by atoms with Crippen LogP contribution in [0.15, 0.2) is 83.4 Å².